The molecule has 10 heterocycles. The van der Waals surface area contributed by atoms with E-state index in [9.17, 15) is 163 Å². The van der Waals surface area contributed by atoms with Gasteiger partial charge in [-0.2, -0.15) is 0 Å². The van der Waals surface area contributed by atoms with E-state index >= 15 is 0 Å². The number of rotatable bonds is 28. The number of aliphatic hydroxyl groups excluding tert-OH is 32. The zero-order valence-corrected chi connectivity index (χ0v) is 58.0. The first kappa shape index (κ1) is 91.3. The van der Waals surface area contributed by atoms with Crippen LogP contribution in [0.15, 0.2) is 0 Å². The molecule has 1 unspecified atom stereocenters. The van der Waals surface area contributed by atoms with Crippen molar-refractivity contribution in [1.29, 1.82) is 0 Å². The van der Waals surface area contributed by atoms with Crippen molar-refractivity contribution in [3.8, 4) is 0 Å². The van der Waals surface area contributed by atoms with Crippen LogP contribution in [0.25, 0.3) is 0 Å². The van der Waals surface area contributed by atoms with E-state index in [-0.39, 0.29) is 0 Å². The van der Waals surface area contributed by atoms with E-state index in [1.54, 1.807) is 0 Å². The Bertz CT molecular complexity index is 2790. The van der Waals surface area contributed by atoms with Gasteiger partial charge in [0.2, 0.25) is 0 Å². The van der Waals surface area contributed by atoms with Gasteiger partial charge in [0.05, 0.1) is 66.1 Å². The van der Waals surface area contributed by atoms with E-state index in [0.29, 0.717) is 0 Å². The molecule has 0 aromatic carbocycles. The smallest absolute Gasteiger partial charge is 0.187 e. The Kier molecular flexibility index (Phi) is 32.4. The standard InChI is InChI=1S/C60H102O51/c61-1-11-21(70)31(80)33(82)52(95-11)93-10-20-30(79)50(42(91)60(103-20)110-49-29(78)15(5-65)97-54(37(49)86)104-43-23(72)13(3-63)94-51(92)35(43)84)111-59-41(90)48(28(77)19(9-69)102-59)109-58-40(89)47(27(76)18(8-68)101-58)108-57-39(88)46(26(75)17(7-67)100-57)107-56-38(87)45(25(74)16(6-66)99-56)106-55-36(85)44(24(73)14(4-64)98-55)105-53-34(83)32(81)22(71)12(2-62)96-53/h11-92H,1-10H2/t11-,12-,13-,14-,15-,16-,17-,18-,19-,20-,21-,22-,23-,24-,25-,26-,27-,28-,29-,30-,31+,32+,33-,34-,35-,36-,37-,38-,39-,40-,41-,42-,43+,44+,45+,46+,47+,48+,49+,50+,51?,52-,53+,54+,55+,56+,57+,58+,59+,60+/m1/s1. The molecule has 0 radical (unpaired) electrons. The molecule has 648 valence electrons. The minimum Gasteiger partial charge on any atom is -0.394 e. The highest BCUT2D eigenvalue weighted by atomic mass is 16.8. The van der Waals surface area contributed by atoms with Gasteiger partial charge in [-0.3, -0.25) is 0 Å². The van der Waals surface area contributed by atoms with Gasteiger partial charge in [-0.05, 0) is 0 Å². The van der Waals surface area contributed by atoms with Gasteiger partial charge in [-0.1, -0.05) is 0 Å². The average molecular weight is 1640 g/mol. The molecule has 0 amide bonds. The Morgan fingerprint density at radius 3 is 0.541 bits per heavy atom. The Balaban J connectivity index is 0.856. The van der Waals surface area contributed by atoms with Gasteiger partial charge in [-0.15, -0.1) is 0 Å². The fourth-order valence-electron chi connectivity index (χ4n) is 14.3. The molecule has 32 N–H and O–H groups in total. The zero-order chi connectivity index (χ0) is 81.4. The van der Waals surface area contributed by atoms with Crippen LogP contribution >= 0.6 is 0 Å². The van der Waals surface area contributed by atoms with Crippen LogP contribution in [0.3, 0.4) is 0 Å². The third kappa shape index (κ3) is 18.9. The minimum absolute atomic E-state index is 0.935. The second-order valence-electron chi connectivity index (χ2n) is 28.0. The van der Waals surface area contributed by atoms with Crippen molar-refractivity contribution in [3.63, 3.8) is 0 Å². The molecular weight excluding hydrogens is 1540 g/mol. The lowest BCUT2D eigenvalue weighted by Crippen LogP contribution is -2.69. The first-order valence-electron chi connectivity index (χ1n) is 35.2. The topological polar surface area (TPSA) is 823 Å². The lowest BCUT2D eigenvalue weighted by Gasteiger charge is -2.50. The van der Waals surface area contributed by atoms with E-state index < -0.39 is 373 Å². The number of aliphatic hydroxyl groups is 32. The van der Waals surface area contributed by atoms with E-state index in [2.05, 4.69) is 0 Å². The van der Waals surface area contributed by atoms with Crippen molar-refractivity contribution in [2.45, 2.75) is 307 Å². The van der Waals surface area contributed by atoms with Crippen molar-refractivity contribution >= 4 is 0 Å². The number of ether oxygens (including phenoxy) is 19. The SMILES string of the molecule is OC[C@H]1O[C@@H](OC[C@H]2O[C@@H](O[C@@H]3[C@@H](O)[C@H](O[C@H]4[C@H](O)[C@@H](CO)OC(O)[C@@H]4O)O[C@H](CO)[C@H]3O)[C@H](O)[C@@H](O[C@@H]3O[C@H](CO)[C@@H](O)[C@H](O[C@@H]4O[C@H](CO)[C@@H](O)[C@H](O[C@@H]5O[C@H](CO)[C@@H](O)[C@H](O[C@@H]6O[C@H](CO)[C@@H](O)[C@H](O[C@@H]7O[C@H](CO)[C@@H](O)[C@H](O[C@@H]8O[C@H](CO)[C@@H](O)[C@H](O)[C@H]8O)[C@H]7O)[C@H]6O)[C@H]5O)[C@H]4O)[C@H]3O)[C@@H]2O)[C@H](O)[C@@H](O)[C@@H]1O. The largest absolute Gasteiger partial charge is 0.394 e. The molecule has 111 heavy (non-hydrogen) atoms. The molecule has 0 aromatic heterocycles. The molecule has 10 rings (SSSR count). The lowest BCUT2D eigenvalue weighted by molar-refractivity contribution is -0.403. The number of hydrogen-bond donors (Lipinski definition) is 32. The maximum Gasteiger partial charge on any atom is 0.187 e. The summed E-state index contributed by atoms with van der Waals surface area (Å²) in [5.74, 6) is 0. The van der Waals surface area contributed by atoms with E-state index in [1.165, 1.54) is 0 Å². The lowest BCUT2D eigenvalue weighted by atomic mass is 9.94. The summed E-state index contributed by atoms with van der Waals surface area (Å²) in [5, 5.41) is 350. The Hall–Kier alpha value is -2.04. The van der Waals surface area contributed by atoms with Gasteiger partial charge in [0.1, 0.15) is 244 Å². The van der Waals surface area contributed by atoms with Crippen LogP contribution in [0.2, 0.25) is 0 Å². The molecule has 0 aliphatic carbocycles. The quantitative estimate of drug-likeness (QED) is 0.0346. The number of hydrogen-bond acceptors (Lipinski definition) is 51. The molecule has 50 atom stereocenters. The van der Waals surface area contributed by atoms with Crippen molar-refractivity contribution in [2.24, 2.45) is 0 Å². The Morgan fingerprint density at radius 2 is 0.315 bits per heavy atom. The summed E-state index contributed by atoms with van der Waals surface area (Å²) >= 11 is 0. The first-order chi connectivity index (χ1) is 52.7. The van der Waals surface area contributed by atoms with Gasteiger partial charge >= 0.3 is 0 Å². The van der Waals surface area contributed by atoms with Gasteiger partial charge < -0.3 is 253 Å². The molecular formula is C60H102O51. The summed E-state index contributed by atoms with van der Waals surface area (Å²) in [6.45, 7) is -10.8. The second kappa shape index (κ2) is 39.4. The van der Waals surface area contributed by atoms with Crippen LogP contribution in [0.5, 0.6) is 0 Å². The molecule has 10 aliphatic rings. The Labute approximate surface area is 625 Å². The van der Waals surface area contributed by atoms with Gasteiger partial charge in [-0.25, -0.2) is 0 Å². The second-order valence-corrected chi connectivity index (χ2v) is 28.0. The predicted octanol–water partition coefficient (Wildman–Crippen LogP) is -22.8. The first-order valence-corrected chi connectivity index (χ1v) is 35.2. The monoisotopic (exact) mass is 1640 g/mol. The van der Waals surface area contributed by atoms with Gasteiger partial charge in [0, 0.05) is 0 Å². The van der Waals surface area contributed by atoms with Crippen molar-refractivity contribution in [3.05, 3.63) is 0 Å². The van der Waals surface area contributed by atoms with Crippen LogP contribution in [0, 0.1) is 0 Å². The normalized spacial score (nSPS) is 53.7. The molecule has 10 fully saturated rings. The minimum atomic E-state index is -2.52. The predicted molar refractivity (Wildman–Crippen MR) is 330 cm³/mol. The summed E-state index contributed by atoms with van der Waals surface area (Å²) in [4.78, 5) is 0. The van der Waals surface area contributed by atoms with Gasteiger partial charge in [0.15, 0.2) is 62.9 Å². The van der Waals surface area contributed by atoms with Crippen molar-refractivity contribution < 1.29 is 253 Å². The molecule has 10 saturated heterocycles. The summed E-state index contributed by atoms with van der Waals surface area (Å²) in [6.07, 6.45) is -107. The summed E-state index contributed by atoms with van der Waals surface area (Å²) in [7, 11) is 0. The molecule has 10 aliphatic heterocycles. The van der Waals surface area contributed by atoms with Crippen molar-refractivity contribution in [1.82, 2.24) is 0 Å². The Morgan fingerprint density at radius 1 is 0.153 bits per heavy atom. The summed E-state index contributed by atoms with van der Waals surface area (Å²) in [5.41, 5.74) is 0. The summed E-state index contributed by atoms with van der Waals surface area (Å²) in [6, 6.07) is 0. The maximum absolute atomic E-state index is 12.1. The molecule has 0 spiro atoms. The highest BCUT2D eigenvalue weighted by Gasteiger charge is 2.61. The van der Waals surface area contributed by atoms with Crippen LogP contribution in [0.4, 0.5) is 0 Å². The van der Waals surface area contributed by atoms with E-state index in [0.717, 1.165) is 0 Å². The van der Waals surface area contributed by atoms with Crippen molar-refractivity contribution in [2.75, 3.05) is 66.1 Å². The highest BCUT2D eigenvalue weighted by Crippen LogP contribution is 2.41. The van der Waals surface area contributed by atoms with Crippen LogP contribution in [0.1, 0.15) is 0 Å². The van der Waals surface area contributed by atoms with E-state index in [1.807, 2.05) is 0 Å². The molecule has 51 heteroatoms. The zero-order valence-electron chi connectivity index (χ0n) is 58.0. The maximum atomic E-state index is 12.1. The van der Waals surface area contributed by atoms with Crippen LogP contribution < -0.4 is 0 Å². The molecule has 0 saturated carbocycles. The third-order valence-corrected chi connectivity index (χ3v) is 20.9. The molecule has 0 aromatic rings. The average Bonchev–Trinajstić information content (AvgIpc) is 0.773. The van der Waals surface area contributed by atoms with Gasteiger partial charge in [0.25, 0.3) is 0 Å². The third-order valence-electron chi connectivity index (χ3n) is 20.9. The summed E-state index contributed by atoms with van der Waals surface area (Å²) < 4.78 is 107. The fourth-order valence-corrected chi connectivity index (χ4v) is 14.3. The van der Waals surface area contributed by atoms with E-state index in [4.69, 9.17) is 90.0 Å². The fraction of sp³-hybridized carbons (Fsp3) is 1.00. The van der Waals surface area contributed by atoms with Crippen LogP contribution in [-0.2, 0) is 90.0 Å². The highest BCUT2D eigenvalue weighted by molar-refractivity contribution is 5.03. The molecule has 0 bridgehead atoms. The molecule has 51 nitrogen and oxygen atoms in total. The van der Waals surface area contributed by atoms with Crippen LogP contribution in [-0.4, -0.2) is 537 Å².